The first kappa shape index (κ1) is 12.7. The normalized spacial score (nSPS) is 9.95. The molecule has 0 aliphatic carbocycles. The lowest BCUT2D eigenvalue weighted by Gasteiger charge is -2.16. The Labute approximate surface area is 109 Å². The molecular formula is C13H11N3O3. The van der Waals surface area contributed by atoms with Gasteiger partial charge in [0.15, 0.2) is 0 Å². The molecule has 0 aliphatic rings. The van der Waals surface area contributed by atoms with Gasteiger partial charge in [-0.25, -0.2) is 4.79 Å². The molecule has 2 heterocycles. The Bertz CT molecular complexity index is 614. The van der Waals surface area contributed by atoms with Crippen molar-refractivity contribution in [2.45, 2.75) is 0 Å². The van der Waals surface area contributed by atoms with Crippen LogP contribution in [0.4, 0.5) is 5.69 Å². The number of hydrogen-bond acceptors (Lipinski definition) is 4. The van der Waals surface area contributed by atoms with Crippen LogP contribution in [0.3, 0.4) is 0 Å². The van der Waals surface area contributed by atoms with E-state index < -0.39 is 5.97 Å². The summed E-state index contributed by atoms with van der Waals surface area (Å²) in [4.78, 5) is 32.1. The number of hydrogen-bond donors (Lipinski definition) is 1. The molecule has 1 amide bonds. The van der Waals surface area contributed by atoms with Crippen LogP contribution in [0.25, 0.3) is 0 Å². The molecule has 6 heteroatoms. The van der Waals surface area contributed by atoms with Crippen molar-refractivity contribution in [3.63, 3.8) is 0 Å². The van der Waals surface area contributed by atoms with Gasteiger partial charge in [-0.15, -0.1) is 0 Å². The molecule has 2 rings (SSSR count). The second kappa shape index (κ2) is 5.26. The summed E-state index contributed by atoms with van der Waals surface area (Å²) in [5, 5.41) is 8.87. The maximum Gasteiger partial charge on any atom is 0.337 e. The van der Waals surface area contributed by atoms with Gasteiger partial charge >= 0.3 is 5.97 Å². The van der Waals surface area contributed by atoms with Crippen molar-refractivity contribution < 1.29 is 14.7 Å². The molecule has 0 saturated heterocycles. The van der Waals surface area contributed by atoms with Gasteiger partial charge in [-0.3, -0.25) is 14.8 Å². The first-order valence-corrected chi connectivity index (χ1v) is 5.46. The highest BCUT2D eigenvalue weighted by atomic mass is 16.4. The van der Waals surface area contributed by atoms with Gasteiger partial charge in [0.2, 0.25) is 0 Å². The average Bonchev–Trinajstić information content (AvgIpc) is 2.46. The molecular weight excluding hydrogens is 246 g/mol. The molecule has 0 unspecified atom stereocenters. The van der Waals surface area contributed by atoms with Gasteiger partial charge in [0.1, 0.15) is 0 Å². The minimum atomic E-state index is -1.12. The first-order valence-electron chi connectivity index (χ1n) is 5.46. The van der Waals surface area contributed by atoms with Crippen molar-refractivity contribution in [2.24, 2.45) is 0 Å². The number of amides is 1. The van der Waals surface area contributed by atoms with Gasteiger partial charge in [-0.1, -0.05) is 0 Å². The molecule has 0 bridgehead atoms. The monoisotopic (exact) mass is 257 g/mol. The second-order valence-corrected chi connectivity index (χ2v) is 3.84. The van der Waals surface area contributed by atoms with Crippen LogP contribution in [0.5, 0.6) is 0 Å². The molecule has 2 aromatic heterocycles. The molecule has 0 fully saturated rings. The number of aromatic nitrogens is 2. The van der Waals surface area contributed by atoms with E-state index in [4.69, 9.17) is 5.11 Å². The summed E-state index contributed by atoms with van der Waals surface area (Å²) in [6.45, 7) is 0. The Morgan fingerprint density at radius 3 is 2.53 bits per heavy atom. The lowest BCUT2D eigenvalue weighted by atomic mass is 10.2. The Morgan fingerprint density at radius 1 is 1.16 bits per heavy atom. The topological polar surface area (TPSA) is 83.4 Å². The zero-order valence-electron chi connectivity index (χ0n) is 10.1. The summed E-state index contributed by atoms with van der Waals surface area (Å²) < 4.78 is 0. The predicted molar refractivity (Wildman–Crippen MR) is 68.2 cm³/mol. The van der Waals surface area contributed by atoms with Crippen molar-refractivity contribution in [1.82, 2.24) is 9.97 Å². The van der Waals surface area contributed by atoms with Crippen molar-refractivity contribution in [1.29, 1.82) is 0 Å². The summed E-state index contributed by atoms with van der Waals surface area (Å²) in [7, 11) is 1.59. The fraction of sp³-hybridized carbons (Fsp3) is 0.0769. The van der Waals surface area contributed by atoms with Gasteiger partial charge in [0.05, 0.1) is 23.0 Å². The van der Waals surface area contributed by atoms with Crippen LogP contribution in [-0.2, 0) is 0 Å². The molecule has 0 aromatic carbocycles. The standard InChI is InChI=1S/C13H11N3O3/c1-16(11-3-2-4-14-8-11)12(17)9-5-10(13(18)19)7-15-6-9/h2-8H,1H3,(H,18,19). The quantitative estimate of drug-likeness (QED) is 0.899. The van der Waals surface area contributed by atoms with E-state index in [1.807, 2.05) is 0 Å². The molecule has 2 aromatic rings. The summed E-state index contributed by atoms with van der Waals surface area (Å²) in [5.74, 6) is -1.46. The molecule has 96 valence electrons. The van der Waals surface area contributed by atoms with Gasteiger partial charge in [0.25, 0.3) is 5.91 Å². The minimum absolute atomic E-state index is 0.0227. The fourth-order valence-corrected chi connectivity index (χ4v) is 1.54. The van der Waals surface area contributed by atoms with Gasteiger partial charge in [0, 0.05) is 25.6 Å². The summed E-state index contributed by atoms with van der Waals surface area (Å²) in [6.07, 6.45) is 5.69. The number of carbonyl (C=O) groups excluding carboxylic acids is 1. The van der Waals surface area contributed by atoms with Crippen LogP contribution in [0.2, 0.25) is 0 Å². The molecule has 19 heavy (non-hydrogen) atoms. The Hall–Kier alpha value is -2.76. The minimum Gasteiger partial charge on any atom is -0.478 e. The second-order valence-electron chi connectivity index (χ2n) is 3.84. The Balaban J connectivity index is 2.29. The lowest BCUT2D eigenvalue weighted by molar-refractivity contribution is 0.0696. The summed E-state index contributed by atoms with van der Waals surface area (Å²) in [5.41, 5.74) is 0.810. The van der Waals surface area contributed by atoms with E-state index >= 15 is 0 Å². The smallest absolute Gasteiger partial charge is 0.337 e. The number of pyridine rings is 2. The molecule has 0 aliphatic heterocycles. The third-order valence-corrected chi connectivity index (χ3v) is 2.57. The highest BCUT2D eigenvalue weighted by Crippen LogP contribution is 2.13. The molecule has 1 N–H and O–H groups in total. The SMILES string of the molecule is CN(C(=O)c1cncc(C(=O)O)c1)c1cccnc1. The number of carbonyl (C=O) groups is 2. The van der Waals surface area contributed by atoms with Gasteiger partial charge < -0.3 is 10.0 Å². The average molecular weight is 257 g/mol. The van der Waals surface area contributed by atoms with Crippen molar-refractivity contribution >= 4 is 17.6 Å². The number of rotatable bonds is 3. The first-order chi connectivity index (χ1) is 9.09. The fourth-order valence-electron chi connectivity index (χ4n) is 1.54. The van der Waals surface area contributed by atoms with E-state index in [0.29, 0.717) is 5.69 Å². The molecule has 0 radical (unpaired) electrons. The van der Waals surface area contributed by atoms with E-state index in [9.17, 15) is 9.59 Å². The van der Waals surface area contributed by atoms with Crippen molar-refractivity contribution in [3.05, 3.63) is 54.1 Å². The van der Waals surface area contributed by atoms with Crippen molar-refractivity contribution in [3.8, 4) is 0 Å². The van der Waals surface area contributed by atoms with Crippen LogP contribution < -0.4 is 4.90 Å². The molecule has 0 spiro atoms. The summed E-state index contributed by atoms with van der Waals surface area (Å²) >= 11 is 0. The third kappa shape index (κ3) is 2.74. The highest BCUT2D eigenvalue weighted by Gasteiger charge is 2.15. The predicted octanol–water partition coefficient (Wildman–Crippen LogP) is 1.45. The van der Waals surface area contributed by atoms with E-state index in [1.165, 1.54) is 23.4 Å². The van der Waals surface area contributed by atoms with Crippen LogP contribution in [0, 0.1) is 0 Å². The number of aromatic carboxylic acids is 1. The van der Waals surface area contributed by atoms with E-state index in [1.54, 1.807) is 31.6 Å². The van der Waals surface area contributed by atoms with E-state index in [2.05, 4.69) is 9.97 Å². The van der Waals surface area contributed by atoms with E-state index in [-0.39, 0.29) is 17.0 Å². The zero-order chi connectivity index (χ0) is 13.8. The Morgan fingerprint density at radius 2 is 1.89 bits per heavy atom. The Kier molecular flexibility index (Phi) is 3.51. The molecule has 6 nitrogen and oxygen atoms in total. The van der Waals surface area contributed by atoms with Gasteiger partial charge in [-0.2, -0.15) is 0 Å². The summed E-state index contributed by atoms with van der Waals surface area (Å²) in [6, 6.07) is 4.74. The lowest BCUT2D eigenvalue weighted by Crippen LogP contribution is -2.26. The van der Waals surface area contributed by atoms with Crippen LogP contribution in [0.1, 0.15) is 20.7 Å². The largest absolute Gasteiger partial charge is 0.478 e. The highest BCUT2D eigenvalue weighted by molar-refractivity contribution is 6.06. The van der Waals surface area contributed by atoms with Crippen LogP contribution in [-0.4, -0.2) is 34.0 Å². The van der Waals surface area contributed by atoms with Gasteiger partial charge in [-0.05, 0) is 18.2 Å². The molecule has 0 saturated carbocycles. The number of anilines is 1. The maximum atomic E-state index is 12.2. The molecule has 0 atom stereocenters. The van der Waals surface area contributed by atoms with Crippen molar-refractivity contribution in [2.75, 3.05) is 11.9 Å². The number of carboxylic acids is 1. The zero-order valence-corrected chi connectivity index (χ0v) is 10.1. The maximum absolute atomic E-state index is 12.2. The number of nitrogens with zero attached hydrogens (tertiary/aromatic N) is 3. The van der Waals surface area contributed by atoms with Crippen LogP contribution in [0.15, 0.2) is 43.0 Å². The van der Waals surface area contributed by atoms with Crippen LogP contribution >= 0.6 is 0 Å². The van der Waals surface area contributed by atoms with E-state index in [0.717, 1.165) is 0 Å². The third-order valence-electron chi connectivity index (χ3n) is 2.57. The number of carboxylic acid groups (broad SMARTS) is 1.